The van der Waals surface area contributed by atoms with Crippen molar-refractivity contribution in [2.24, 2.45) is 0 Å². The molecule has 0 aromatic carbocycles. The Morgan fingerprint density at radius 2 is 2.50 bits per heavy atom. The Balaban J connectivity index is 2.29. The van der Waals surface area contributed by atoms with Crippen LogP contribution < -0.4 is 0 Å². The molecule has 2 atom stereocenters. The molecule has 0 radical (unpaired) electrons. The van der Waals surface area contributed by atoms with Gasteiger partial charge in [0.15, 0.2) is 17.1 Å². The first-order valence-electron chi connectivity index (χ1n) is 4.79. The number of hydrogen-bond acceptors (Lipinski definition) is 4. The van der Waals surface area contributed by atoms with Gasteiger partial charge in [-0.05, 0) is 19.3 Å². The van der Waals surface area contributed by atoms with Gasteiger partial charge in [-0.1, -0.05) is 0 Å². The Hall–Kier alpha value is -0.0600. The Morgan fingerprint density at radius 3 is 3.12 bits per heavy atom. The summed E-state index contributed by atoms with van der Waals surface area (Å²) in [7, 11) is 0. The molecule has 5 nitrogen and oxygen atoms in total. The van der Waals surface area contributed by atoms with Crippen LogP contribution in [-0.4, -0.2) is 20.6 Å². The van der Waals surface area contributed by atoms with E-state index in [9.17, 15) is 8.60 Å². The molecule has 90 valence electrons. The van der Waals surface area contributed by atoms with E-state index in [2.05, 4.69) is 7.61 Å². The molecule has 1 aliphatic rings. The largest absolute Gasteiger partial charge is 0.356 e. The Bertz CT molecular complexity index is 395. The van der Waals surface area contributed by atoms with Gasteiger partial charge in [-0.25, -0.2) is 15.8 Å². The van der Waals surface area contributed by atoms with Crippen LogP contribution >= 0.6 is 23.0 Å². The molecule has 0 amide bonds. The molecule has 0 aliphatic carbocycles. The maximum absolute atomic E-state index is 13.4. The topological polar surface area (TPSA) is 53.3 Å². The SMILES string of the molecule is O=S(OI)c1c(F)cnn1C1CCCCO1. The van der Waals surface area contributed by atoms with E-state index >= 15 is 0 Å². The fourth-order valence-electron chi connectivity index (χ4n) is 1.64. The van der Waals surface area contributed by atoms with Gasteiger partial charge in [-0.15, -0.1) is 0 Å². The number of rotatable bonds is 3. The van der Waals surface area contributed by atoms with Crippen LogP contribution in [0.5, 0.6) is 0 Å². The van der Waals surface area contributed by atoms with Crippen molar-refractivity contribution in [2.45, 2.75) is 30.5 Å². The quantitative estimate of drug-likeness (QED) is 0.775. The lowest BCUT2D eigenvalue weighted by atomic mass is 10.2. The minimum Gasteiger partial charge on any atom is -0.356 e. The minimum atomic E-state index is -1.85. The highest BCUT2D eigenvalue weighted by atomic mass is 127. The van der Waals surface area contributed by atoms with E-state index in [1.54, 1.807) is 0 Å². The monoisotopic (exact) mass is 360 g/mol. The zero-order valence-corrected chi connectivity index (χ0v) is 11.2. The molecule has 2 unspecified atom stereocenters. The standard InChI is InChI=1S/C8H10FIN2O3S/c9-6-5-11-12(8(6)16(13)15-10)7-3-1-2-4-14-7/h5,7H,1-4H2. The van der Waals surface area contributed by atoms with Crippen molar-refractivity contribution in [3.05, 3.63) is 12.0 Å². The van der Waals surface area contributed by atoms with E-state index in [1.807, 2.05) is 0 Å². The molecule has 1 aromatic rings. The lowest BCUT2D eigenvalue weighted by Crippen LogP contribution is -2.21. The molecule has 2 heterocycles. The van der Waals surface area contributed by atoms with E-state index in [0.717, 1.165) is 25.5 Å². The zero-order valence-electron chi connectivity index (χ0n) is 8.27. The molecule has 1 saturated heterocycles. The van der Waals surface area contributed by atoms with Crippen LogP contribution in [0.4, 0.5) is 4.39 Å². The van der Waals surface area contributed by atoms with Crippen LogP contribution in [0.3, 0.4) is 0 Å². The first kappa shape index (κ1) is 12.4. The molecule has 1 aromatic heterocycles. The summed E-state index contributed by atoms with van der Waals surface area (Å²) in [5, 5.41) is 3.78. The summed E-state index contributed by atoms with van der Waals surface area (Å²) in [6.45, 7) is 0.614. The molecule has 0 saturated carbocycles. The van der Waals surface area contributed by atoms with Crippen molar-refractivity contribution in [1.82, 2.24) is 9.78 Å². The summed E-state index contributed by atoms with van der Waals surface area (Å²) in [5.74, 6) is -0.635. The second-order valence-electron chi connectivity index (χ2n) is 3.36. The minimum absolute atomic E-state index is 0.0682. The van der Waals surface area contributed by atoms with Gasteiger partial charge in [0, 0.05) is 6.61 Å². The third kappa shape index (κ3) is 2.44. The molecule has 0 spiro atoms. The Labute approximate surface area is 109 Å². The van der Waals surface area contributed by atoms with Gasteiger partial charge in [0.1, 0.15) is 23.0 Å². The Kier molecular flexibility index (Phi) is 4.27. The fourth-order valence-corrected chi connectivity index (χ4v) is 2.74. The third-order valence-corrected chi connectivity index (χ3v) is 4.14. The van der Waals surface area contributed by atoms with E-state index in [1.165, 1.54) is 27.7 Å². The Morgan fingerprint density at radius 1 is 1.69 bits per heavy atom. The molecule has 1 fully saturated rings. The predicted octanol–water partition coefficient (Wildman–Crippen LogP) is 2.11. The number of hydrogen-bond donors (Lipinski definition) is 0. The number of ether oxygens (including phenoxy) is 1. The van der Waals surface area contributed by atoms with Crippen molar-refractivity contribution in [3.8, 4) is 0 Å². The summed E-state index contributed by atoms with van der Waals surface area (Å²) < 4.78 is 36.2. The van der Waals surface area contributed by atoms with Gasteiger partial charge in [0.05, 0.1) is 6.20 Å². The normalized spacial score (nSPS) is 23.2. The van der Waals surface area contributed by atoms with Gasteiger partial charge < -0.3 is 4.74 Å². The molecule has 2 rings (SSSR count). The fraction of sp³-hybridized carbons (Fsp3) is 0.625. The van der Waals surface area contributed by atoms with Crippen LogP contribution in [0, 0.1) is 5.82 Å². The summed E-state index contributed by atoms with van der Waals surface area (Å²) in [6.07, 6.45) is 3.40. The highest BCUT2D eigenvalue weighted by molar-refractivity contribution is 14.1. The van der Waals surface area contributed by atoms with Crippen LogP contribution in [0.15, 0.2) is 11.2 Å². The predicted molar refractivity (Wildman–Crippen MR) is 62.5 cm³/mol. The van der Waals surface area contributed by atoms with E-state index < -0.39 is 16.9 Å². The van der Waals surface area contributed by atoms with E-state index in [4.69, 9.17) is 4.74 Å². The van der Waals surface area contributed by atoms with Crippen molar-refractivity contribution < 1.29 is 15.8 Å². The molecule has 0 N–H and O–H groups in total. The third-order valence-electron chi connectivity index (χ3n) is 2.35. The van der Waals surface area contributed by atoms with Gasteiger partial charge >= 0.3 is 0 Å². The lowest BCUT2D eigenvalue weighted by molar-refractivity contribution is -0.0453. The second-order valence-corrected chi connectivity index (χ2v) is 5.42. The van der Waals surface area contributed by atoms with Gasteiger partial charge in [0.2, 0.25) is 11.1 Å². The average Bonchev–Trinajstić information content (AvgIpc) is 2.71. The average molecular weight is 360 g/mol. The first-order valence-corrected chi connectivity index (χ1v) is 6.75. The van der Waals surface area contributed by atoms with Gasteiger partial charge in [-0.2, -0.15) is 5.10 Å². The molecular formula is C8H10FIN2O3S. The number of halogens is 2. The summed E-state index contributed by atoms with van der Waals surface area (Å²) in [6, 6.07) is 0. The molecule has 16 heavy (non-hydrogen) atoms. The van der Waals surface area contributed by atoms with E-state index in [-0.39, 0.29) is 11.3 Å². The molecule has 8 heteroatoms. The summed E-state index contributed by atoms with van der Waals surface area (Å²) >= 11 is -0.382. The highest BCUT2D eigenvalue weighted by Crippen LogP contribution is 2.26. The van der Waals surface area contributed by atoms with E-state index in [0.29, 0.717) is 6.61 Å². The van der Waals surface area contributed by atoms with Crippen molar-refractivity contribution in [2.75, 3.05) is 6.61 Å². The lowest BCUT2D eigenvalue weighted by Gasteiger charge is -2.23. The highest BCUT2D eigenvalue weighted by Gasteiger charge is 2.25. The summed E-state index contributed by atoms with van der Waals surface area (Å²) in [5.41, 5.74) is 0. The van der Waals surface area contributed by atoms with Crippen LogP contribution in [0.1, 0.15) is 25.5 Å². The van der Waals surface area contributed by atoms with Crippen molar-refractivity contribution in [3.63, 3.8) is 0 Å². The van der Waals surface area contributed by atoms with Crippen LogP contribution in [0.25, 0.3) is 0 Å². The first-order chi connectivity index (χ1) is 7.74. The molecular weight excluding hydrogens is 350 g/mol. The zero-order chi connectivity index (χ0) is 11.5. The number of nitrogens with zero attached hydrogens (tertiary/aromatic N) is 2. The van der Waals surface area contributed by atoms with Crippen LogP contribution in [-0.2, 0) is 18.3 Å². The smallest absolute Gasteiger partial charge is 0.221 e. The maximum Gasteiger partial charge on any atom is 0.221 e. The molecule has 0 bridgehead atoms. The van der Waals surface area contributed by atoms with Crippen LogP contribution in [0.2, 0.25) is 0 Å². The summed E-state index contributed by atoms with van der Waals surface area (Å²) in [4.78, 5) is 0. The second kappa shape index (κ2) is 5.52. The van der Waals surface area contributed by atoms with Crippen molar-refractivity contribution in [1.29, 1.82) is 0 Å². The van der Waals surface area contributed by atoms with Gasteiger partial charge in [0.25, 0.3) is 0 Å². The van der Waals surface area contributed by atoms with Crippen molar-refractivity contribution >= 4 is 34.1 Å². The maximum atomic E-state index is 13.4. The number of aromatic nitrogens is 2. The van der Waals surface area contributed by atoms with Gasteiger partial charge in [-0.3, -0.25) is 0 Å². The molecule has 1 aliphatic heterocycles.